The molecule has 0 saturated carbocycles. The zero-order valence-electron chi connectivity index (χ0n) is 14.9. The largest absolute Gasteiger partial charge is 0.482 e. The van der Waals surface area contributed by atoms with Crippen LogP contribution in [0.15, 0.2) is 52.1 Å². The van der Waals surface area contributed by atoms with Gasteiger partial charge >= 0.3 is 6.18 Å². The number of nitrogens with zero attached hydrogens (tertiary/aromatic N) is 2. The number of hydrogen-bond acceptors (Lipinski definition) is 6. The highest BCUT2D eigenvalue weighted by Gasteiger charge is 2.31. The van der Waals surface area contributed by atoms with Crippen LogP contribution in [-0.2, 0) is 17.6 Å². The summed E-state index contributed by atoms with van der Waals surface area (Å²) in [6, 6.07) is 9.52. The van der Waals surface area contributed by atoms with E-state index in [1.165, 1.54) is 0 Å². The molecular formula is C18H12Cl2F3N3O3S. The maximum Gasteiger partial charge on any atom is 0.416 e. The van der Waals surface area contributed by atoms with Gasteiger partial charge in [0.1, 0.15) is 5.75 Å². The van der Waals surface area contributed by atoms with Crippen molar-refractivity contribution in [2.45, 2.75) is 18.0 Å². The van der Waals surface area contributed by atoms with Gasteiger partial charge in [-0.15, -0.1) is 10.2 Å². The lowest BCUT2D eigenvalue weighted by atomic mass is 10.2. The predicted molar refractivity (Wildman–Crippen MR) is 106 cm³/mol. The average molecular weight is 478 g/mol. The molecule has 0 aliphatic rings. The third kappa shape index (κ3) is 6.04. The lowest BCUT2D eigenvalue weighted by molar-refractivity contribution is -0.137. The van der Waals surface area contributed by atoms with Gasteiger partial charge in [0, 0.05) is 0 Å². The minimum absolute atomic E-state index is 0.0156. The topological polar surface area (TPSA) is 77.2 Å². The number of alkyl halides is 3. The molecule has 158 valence electrons. The number of halogens is 5. The fraction of sp³-hybridized carbons (Fsp3) is 0.167. The molecule has 0 saturated heterocycles. The van der Waals surface area contributed by atoms with Gasteiger partial charge in [-0.3, -0.25) is 4.79 Å². The average Bonchev–Trinajstić information content (AvgIpc) is 3.14. The fourth-order valence-corrected chi connectivity index (χ4v) is 3.10. The molecule has 0 aliphatic carbocycles. The van der Waals surface area contributed by atoms with E-state index in [1.54, 1.807) is 24.3 Å². The number of ether oxygens (including phenoxy) is 1. The predicted octanol–water partition coefficient (Wildman–Crippen LogP) is 5.71. The molecule has 0 fully saturated rings. The molecular weight excluding hydrogens is 466 g/mol. The van der Waals surface area contributed by atoms with E-state index in [1.807, 2.05) is 0 Å². The van der Waals surface area contributed by atoms with Crippen molar-refractivity contribution in [3.8, 4) is 5.75 Å². The third-order valence-corrected chi connectivity index (χ3v) is 4.99. The number of thioether (sulfide) groups is 1. The molecule has 1 N–H and O–H groups in total. The molecule has 3 rings (SSSR count). The van der Waals surface area contributed by atoms with Crippen LogP contribution in [0.2, 0.25) is 10.0 Å². The molecule has 0 unspecified atom stereocenters. The van der Waals surface area contributed by atoms with E-state index in [9.17, 15) is 18.0 Å². The van der Waals surface area contributed by atoms with Gasteiger partial charge in [0.25, 0.3) is 11.1 Å². The van der Waals surface area contributed by atoms with E-state index in [0.29, 0.717) is 10.8 Å². The Morgan fingerprint density at radius 3 is 2.63 bits per heavy atom. The number of amides is 1. The van der Waals surface area contributed by atoms with Gasteiger partial charge in [0.15, 0.2) is 6.61 Å². The Morgan fingerprint density at radius 1 is 1.13 bits per heavy atom. The van der Waals surface area contributed by atoms with Gasteiger partial charge < -0.3 is 14.5 Å². The van der Waals surface area contributed by atoms with Gasteiger partial charge in [0.2, 0.25) is 5.91 Å². The molecule has 1 amide bonds. The number of benzene rings is 2. The molecule has 1 heterocycles. The SMILES string of the molecule is O=C(CSc1nnc(COc2ccccc2Cl)o1)Nc1cc(C(F)(F)F)ccc1Cl. The van der Waals surface area contributed by atoms with Crippen molar-refractivity contribution in [3.05, 3.63) is 64.0 Å². The van der Waals surface area contributed by atoms with Crippen LogP contribution < -0.4 is 10.1 Å². The lowest BCUT2D eigenvalue weighted by Crippen LogP contribution is -2.15. The smallest absolute Gasteiger partial charge is 0.416 e. The van der Waals surface area contributed by atoms with E-state index < -0.39 is 17.6 Å². The third-order valence-electron chi connectivity index (χ3n) is 3.53. The number of carbonyl (C=O) groups excluding carboxylic acids is 1. The normalized spacial score (nSPS) is 11.4. The van der Waals surface area contributed by atoms with Crippen LogP contribution in [0.4, 0.5) is 18.9 Å². The summed E-state index contributed by atoms with van der Waals surface area (Å²) in [6.45, 7) is -0.0245. The minimum atomic E-state index is -4.55. The summed E-state index contributed by atoms with van der Waals surface area (Å²) in [6.07, 6.45) is -4.55. The number of carbonyl (C=O) groups is 1. The first-order chi connectivity index (χ1) is 14.2. The van der Waals surface area contributed by atoms with Crippen LogP contribution in [0.5, 0.6) is 5.75 Å². The van der Waals surface area contributed by atoms with Crippen LogP contribution in [0.25, 0.3) is 0 Å². The Labute approximate surface area is 182 Å². The summed E-state index contributed by atoms with van der Waals surface area (Å²) in [5.41, 5.74) is -1.06. The van der Waals surface area contributed by atoms with Crippen LogP contribution >= 0.6 is 35.0 Å². The minimum Gasteiger partial charge on any atom is -0.482 e. The standard InChI is InChI=1S/C18H12Cl2F3N3O3S/c19-11-6-5-10(18(21,22)23)7-13(11)24-15(27)9-30-17-26-25-16(29-17)8-28-14-4-2-1-3-12(14)20/h1-7H,8-9H2,(H,24,27). The highest BCUT2D eigenvalue weighted by Crippen LogP contribution is 2.34. The summed E-state index contributed by atoms with van der Waals surface area (Å²) in [5, 5.41) is 10.4. The summed E-state index contributed by atoms with van der Waals surface area (Å²) < 4.78 is 49.2. The number of aromatic nitrogens is 2. The van der Waals surface area contributed by atoms with E-state index in [4.69, 9.17) is 32.4 Å². The van der Waals surface area contributed by atoms with Crippen LogP contribution in [0, 0.1) is 0 Å². The highest BCUT2D eigenvalue weighted by molar-refractivity contribution is 7.99. The Hall–Kier alpha value is -2.43. The Bertz CT molecular complexity index is 1050. The fourth-order valence-electron chi connectivity index (χ4n) is 2.17. The van der Waals surface area contributed by atoms with Gasteiger partial charge in [-0.25, -0.2) is 0 Å². The first-order valence-corrected chi connectivity index (χ1v) is 9.95. The van der Waals surface area contributed by atoms with E-state index in [-0.39, 0.29) is 34.2 Å². The molecule has 0 aliphatic heterocycles. The van der Waals surface area contributed by atoms with Crippen LogP contribution in [0.1, 0.15) is 11.5 Å². The second-order valence-electron chi connectivity index (χ2n) is 5.71. The summed E-state index contributed by atoms with van der Waals surface area (Å²) in [4.78, 5) is 12.1. The molecule has 2 aromatic carbocycles. The van der Waals surface area contributed by atoms with Gasteiger partial charge in [0.05, 0.1) is 27.0 Å². The van der Waals surface area contributed by atoms with Crippen molar-refractivity contribution in [2.24, 2.45) is 0 Å². The van der Waals surface area contributed by atoms with Gasteiger partial charge in [-0.05, 0) is 30.3 Å². The van der Waals surface area contributed by atoms with Crippen molar-refractivity contribution in [2.75, 3.05) is 11.1 Å². The number of rotatable bonds is 7. The zero-order valence-corrected chi connectivity index (χ0v) is 17.2. The van der Waals surface area contributed by atoms with Crippen LogP contribution in [0.3, 0.4) is 0 Å². The molecule has 0 radical (unpaired) electrons. The Balaban J connectivity index is 1.53. The first-order valence-electron chi connectivity index (χ1n) is 8.21. The van der Waals surface area contributed by atoms with Crippen molar-refractivity contribution >= 4 is 46.6 Å². The monoisotopic (exact) mass is 477 g/mol. The number of para-hydroxylation sites is 1. The maximum absolute atomic E-state index is 12.8. The van der Waals surface area contributed by atoms with E-state index in [0.717, 1.165) is 30.0 Å². The van der Waals surface area contributed by atoms with Crippen LogP contribution in [-0.4, -0.2) is 21.9 Å². The number of nitrogens with one attached hydrogen (secondary N) is 1. The zero-order chi connectivity index (χ0) is 21.7. The molecule has 3 aromatic rings. The van der Waals surface area contributed by atoms with Gasteiger partial charge in [-0.2, -0.15) is 13.2 Å². The van der Waals surface area contributed by atoms with Crippen molar-refractivity contribution in [1.82, 2.24) is 10.2 Å². The second-order valence-corrected chi connectivity index (χ2v) is 7.45. The Kier molecular flexibility index (Phi) is 7.11. The summed E-state index contributed by atoms with van der Waals surface area (Å²) in [7, 11) is 0. The molecule has 12 heteroatoms. The van der Waals surface area contributed by atoms with E-state index in [2.05, 4.69) is 15.5 Å². The molecule has 1 aromatic heterocycles. The maximum atomic E-state index is 12.8. The van der Waals surface area contributed by atoms with Gasteiger partial charge in [-0.1, -0.05) is 47.1 Å². The molecule has 0 bridgehead atoms. The lowest BCUT2D eigenvalue weighted by Gasteiger charge is -2.11. The highest BCUT2D eigenvalue weighted by atomic mass is 35.5. The van der Waals surface area contributed by atoms with Crippen molar-refractivity contribution in [1.29, 1.82) is 0 Å². The second kappa shape index (κ2) is 9.59. The molecule has 0 atom stereocenters. The number of anilines is 1. The summed E-state index contributed by atoms with van der Waals surface area (Å²) >= 11 is 12.7. The quantitative estimate of drug-likeness (QED) is 0.439. The number of hydrogen-bond donors (Lipinski definition) is 1. The Morgan fingerprint density at radius 2 is 1.90 bits per heavy atom. The molecule has 6 nitrogen and oxygen atoms in total. The van der Waals surface area contributed by atoms with Crippen molar-refractivity contribution in [3.63, 3.8) is 0 Å². The van der Waals surface area contributed by atoms with E-state index >= 15 is 0 Å². The molecule has 0 spiro atoms. The van der Waals surface area contributed by atoms with Crippen molar-refractivity contribution < 1.29 is 27.1 Å². The molecule has 30 heavy (non-hydrogen) atoms. The first kappa shape index (κ1) is 22.3. The summed E-state index contributed by atoms with van der Waals surface area (Å²) in [5.74, 6) is -0.157.